The molecule has 0 spiro atoms. The van der Waals surface area contributed by atoms with Crippen molar-refractivity contribution in [2.24, 2.45) is 5.92 Å². The van der Waals surface area contributed by atoms with Crippen molar-refractivity contribution < 1.29 is 9.53 Å². The second-order valence-corrected chi connectivity index (χ2v) is 6.84. The van der Waals surface area contributed by atoms with Gasteiger partial charge in [0.2, 0.25) is 0 Å². The molecule has 1 aromatic carbocycles. The summed E-state index contributed by atoms with van der Waals surface area (Å²) in [5.41, 5.74) is 1.27. The Labute approximate surface area is 132 Å². The molecular formula is C19H23NO2. The van der Waals surface area contributed by atoms with Crippen LogP contribution in [0.1, 0.15) is 51.7 Å². The summed E-state index contributed by atoms with van der Waals surface area (Å²) in [5.74, 6) is 0.0293. The maximum absolute atomic E-state index is 11.3. The van der Waals surface area contributed by atoms with Crippen molar-refractivity contribution in [3.63, 3.8) is 0 Å². The molecule has 0 aromatic heterocycles. The molecule has 1 aliphatic rings. The fourth-order valence-corrected chi connectivity index (χ4v) is 3.28. The highest BCUT2D eigenvalue weighted by Crippen LogP contribution is 2.42. The van der Waals surface area contributed by atoms with Gasteiger partial charge in [-0.3, -0.25) is 4.79 Å². The van der Waals surface area contributed by atoms with Crippen molar-refractivity contribution >= 4 is 5.97 Å². The van der Waals surface area contributed by atoms with Crippen molar-refractivity contribution in [3.8, 4) is 6.07 Å². The summed E-state index contributed by atoms with van der Waals surface area (Å²) in [7, 11) is 0. The average Bonchev–Trinajstić information content (AvgIpc) is 2.46. The second-order valence-electron chi connectivity index (χ2n) is 6.84. The molecule has 3 heteroatoms. The SMILES string of the molecule is CC(=O)OC(C)(C)C1CC=C[C@](C)(c2ccc(C#N)cc2)C1. The second kappa shape index (κ2) is 5.96. The van der Waals surface area contributed by atoms with Gasteiger partial charge < -0.3 is 4.74 Å². The number of hydrogen-bond donors (Lipinski definition) is 0. The minimum atomic E-state index is -0.482. The Morgan fingerprint density at radius 2 is 2.00 bits per heavy atom. The molecule has 1 aromatic rings. The van der Waals surface area contributed by atoms with Gasteiger partial charge in [-0.25, -0.2) is 0 Å². The van der Waals surface area contributed by atoms with Crippen LogP contribution in [-0.2, 0) is 14.9 Å². The van der Waals surface area contributed by atoms with E-state index in [9.17, 15) is 4.79 Å². The molecule has 0 saturated heterocycles. The molecule has 1 aliphatic carbocycles. The predicted molar refractivity (Wildman–Crippen MR) is 86.2 cm³/mol. The van der Waals surface area contributed by atoms with Gasteiger partial charge in [-0.05, 0) is 44.4 Å². The van der Waals surface area contributed by atoms with E-state index >= 15 is 0 Å². The molecule has 0 bridgehead atoms. The van der Waals surface area contributed by atoms with Crippen LogP contribution in [0.4, 0.5) is 0 Å². The zero-order valence-corrected chi connectivity index (χ0v) is 13.7. The Morgan fingerprint density at radius 1 is 1.36 bits per heavy atom. The van der Waals surface area contributed by atoms with Gasteiger partial charge in [0.15, 0.2) is 0 Å². The molecular weight excluding hydrogens is 274 g/mol. The minimum absolute atomic E-state index is 0.103. The van der Waals surface area contributed by atoms with Gasteiger partial charge in [-0.1, -0.05) is 31.2 Å². The van der Waals surface area contributed by atoms with Crippen molar-refractivity contribution in [2.75, 3.05) is 0 Å². The maximum Gasteiger partial charge on any atom is 0.303 e. The summed E-state index contributed by atoms with van der Waals surface area (Å²) < 4.78 is 5.53. The van der Waals surface area contributed by atoms with Crippen LogP contribution in [0.5, 0.6) is 0 Å². The topological polar surface area (TPSA) is 50.1 Å². The van der Waals surface area contributed by atoms with Crippen LogP contribution in [0, 0.1) is 17.2 Å². The third kappa shape index (κ3) is 3.39. The minimum Gasteiger partial charge on any atom is -0.460 e. The van der Waals surface area contributed by atoms with E-state index in [1.54, 1.807) is 0 Å². The van der Waals surface area contributed by atoms with Crippen molar-refractivity contribution in [2.45, 2.75) is 51.6 Å². The first kappa shape index (κ1) is 16.3. The van der Waals surface area contributed by atoms with Crippen LogP contribution in [-0.4, -0.2) is 11.6 Å². The van der Waals surface area contributed by atoms with Crippen LogP contribution in [0.25, 0.3) is 0 Å². The summed E-state index contributed by atoms with van der Waals surface area (Å²) in [6, 6.07) is 9.90. The number of carbonyl (C=O) groups excluding carboxylic acids is 1. The fourth-order valence-electron chi connectivity index (χ4n) is 3.28. The van der Waals surface area contributed by atoms with Gasteiger partial charge >= 0.3 is 5.97 Å². The number of rotatable bonds is 3. The zero-order valence-electron chi connectivity index (χ0n) is 13.7. The van der Waals surface area contributed by atoms with E-state index in [-0.39, 0.29) is 17.3 Å². The predicted octanol–water partition coefficient (Wildman–Crippen LogP) is 4.12. The Bertz CT molecular complexity index is 622. The van der Waals surface area contributed by atoms with Crippen LogP contribution >= 0.6 is 0 Å². The lowest BCUT2D eigenvalue weighted by molar-refractivity contribution is -0.159. The number of carbonyl (C=O) groups is 1. The number of allylic oxidation sites excluding steroid dienone is 2. The number of nitriles is 1. The van der Waals surface area contributed by atoms with Gasteiger partial charge in [0.1, 0.15) is 5.60 Å². The molecule has 0 radical (unpaired) electrons. The Hall–Kier alpha value is -2.08. The van der Waals surface area contributed by atoms with E-state index < -0.39 is 5.60 Å². The number of esters is 1. The molecule has 2 atom stereocenters. The molecule has 0 heterocycles. The lowest BCUT2D eigenvalue weighted by Crippen LogP contribution is -2.41. The largest absolute Gasteiger partial charge is 0.460 e. The van der Waals surface area contributed by atoms with Crippen molar-refractivity contribution in [1.29, 1.82) is 5.26 Å². The summed E-state index contributed by atoms with van der Waals surface area (Å²) in [6.45, 7) is 7.62. The first-order valence-electron chi connectivity index (χ1n) is 7.65. The Balaban J connectivity index is 2.25. The standard InChI is InChI=1S/C19H23NO2/c1-14(21)22-18(2,3)17-6-5-11-19(4,12-17)16-9-7-15(13-20)8-10-16/h5,7-11,17H,6,12H2,1-4H3/t17?,19-/m0/s1. The first-order chi connectivity index (χ1) is 10.3. The number of hydrogen-bond acceptors (Lipinski definition) is 3. The maximum atomic E-state index is 11.3. The van der Waals surface area contributed by atoms with Gasteiger partial charge in [0.25, 0.3) is 0 Å². The summed E-state index contributed by atoms with van der Waals surface area (Å²) in [5, 5.41) is 8.92. The number of ether oxygens (including phenoxy) is 1. The molecule has 0 saturated carbocycles. The smallest absolute Gasteiger partial charge is 0.303 e. The highest BCUT2D eigenvalue weighted by molar-refractivity contribution is 5.66. The Kier molecular flexibility index (Phi) is 4.42. The number of nitrogens with zero attached hydrogens (tertiary/aromatic N) is 1. The molecule has 1 unspecified atom stereocenters. The van der Waals surface area contributed by atoms with Crippen LogP contribution in [0.15, 0.2) is 36.4 Å². The van der Waals surface area contributed by atoms with Crippen molar-refractivity contribution in [3.05, 3.63) is 47.5 Å². The molecule has 2 rings (SSSR count). The monoisotopic (exact) mass is 297 g/mol. The summed E-state index contributed by atoms with van der Waals surface area (Å²) in [4.78, 5) is 11.3. The Morgan fingerprint density at radius 3 is 2.55 bits per heavy atom. The summed E-state index contributed by atoms with van der Waals surface area (Å²) in [6.07, 6.45) is 6.23. The van der Waals surface area contributed by atoms with Crippen molar-refractivity contribution in [1.82, 2.24) is 0 Å². The van der Waals surface area contributed by atoms with Crippen LogP contribution in [0.2, 0.25) is 0 Å². The molecule has 0 N–H and O–H groups in total. The van der Waals surface area contributed by atoms with E-state index in [1.165, 1.54) is 12.5 Å². The number of benzene rings is 1. The lowest BCUT2D eigenvalue weighted by atomic mass is 9.67. The van der Waals surface area contributed by atoms with Gasteiger partial charge in [-0.15, -0.1) is 0 Å². The zero-order chi connectivity index (χ0) is 16.4. The molecule has 3 nitrogen and oxygen atoms in total. The summed E-state index contributed by atoms with van der Waals surface area (Å²) >= 11 is 0. The quantitative estimate of drug-likeness (QED) is 0.623. The lowest BCUT2D eigenvalue weighted by Gasteiger charge is -2.41. The van der Waals surface area contributed by atoms with Crippen LogP contribution in [0.3, 0.4) is 0 Å². The van der Waals surface area contributed by atoms with Gasteiger partial charge in [0, 0.05) is 18.3 Å². The first-order valence-corrected chi connectivity index (χ1v) is 7.65. The van der Waals surface area contributed by atoms with Gasteiger partial charge in [0.05, 0.1) is 11.6 Å². The van der Waals surface area contributed by atoms with E-state index in [0.29, 0.717) is 5.56 Å². The molecule has 116 valence electrons. The van der Waals surface area contributed by atoms with E-state index in [0.717, 1.165) is 12.8 Å². The van der Waals surface area contributed by atoms with E-state index in [2.05, 4.69) is 25.1 Å². The van der Waals surface area contributed by atoms with E-state index in [4.69, 9.17) is 10.00 Å². The fraction of sp³-hybridized carbons (Fsp3) is 0.474. The van der Waals surface area contributed by atoms with E-state index in [1.807, 2.05) is 38.1 Å². The molecule has 0 amide bonds. The molecule has 0 aliphatic heterocycles. The highest BCUT2D eigenvalue weighted by Gasteiger charge is 2.39. The third-order valence-corrected chi connectivity index (χ3v) is 4.64. The van der Waals surface area contributed by atoms with Crippen LogP contribution < -0.4 is 0 Å². The average molecular weight is 297 g/mol. The molecule has 22 heavy (non-hydrogen) atoms. The normalized spacial score (nSPS) is 24.6. The third-order valence-electron chi connectivity index (χ3n) is 4.64. The highest BCUT2D eigenvalue weighted by atomic mass is 16.6. The molecule has 0 fully saturated rings. The van der Waals surface area contributed by atoms with Gasteiger partial charge in [-0.2, -0.15) is 5.26 Å².